The molecule has 42 heavy (non-hydrogen) atoms. The van der Waals surface area contributed by atoms with Crippen LogP contribution >= 0.6 is 11.6 Å². The zero-order valence-electron chi connectivity index (χ0n) is 24.5. The van der Waals surface area contributed by atoms with Crippen molar-refractivity contribution in [3.05, 3.63) is 11.6 Å². The molecule has 238 valence electrons. The number of fused-ring (bicyclic) bond motifs is 2. The number of halogens is 4. The fraction of sp³-hybridized carbons (Fsp3) is 0.783. The molecule has 0 aromatic carbocycles. The van der Waals surface area contributed by atoms with Gasteiger partial charge in [0, 0.05) is 0 Å². The zero-order chi connectivity index (χ0) is 31.7. The van der Waals surface area contributed by atoms with Gasteiger partial charge in [0.1, 0.15) is 23.3 Å². The standard InChI is InChI=1S/C23H37ClF3N5O7SSi2/c1-10(2)41(11(3)4)38-16-15-22(16,39-42(35,12(5)6)13(7)8)17(37-40(33,34)23(25,26)27)20(36-15)32-9-29-14-18(28)30-21(24)31-19(14)32/h9-13,15-17,20,35,41H,1-8H3,(H2,28,30,31)/t15-,16?,17+,20-,22+/m1/s1. The lowest BCUT2D eigenvalue weighted by molar-refractivity contribution is -0.0967. The molecule has 1 saturated carbocycles. The third-order valence-corrected chi connectivity index (χ3v) is 16.3. The smallest absolute Gasteiger partial charge is 0.411 e. The normalized spacial score (nSPS) is 26.9. The zero-order valence-corrected chi connectivity index (χ0v) is 28.2. The molecule has 3 N–H and O–H groups in total. The highest BCUT2D eigenvalue weighted by molar-refractivity contribution is 7.87. The molecule has 2 aromatic rings. The summed E-state index contributed by atoms with van der Waals surface area (Å²) in [4.78, 5) is 23.9. The summed E-state index contributed by atoms with van der Waals surface area (Å²) >= 11 is 6.00. The van der Waals surface area contributed by atoms with Crippen molar-refractivity contribution in [1.82, 2.24) is 19.5 Å². The van der Waals surface area contributed by atoms with E-state index < -0.39 is 74.5 Å². The van der Waals surface area contributed by atoms with E-state index in [0.29, 0.717) is 0 Å². The number of ether oxygens (including phenoxy) is 1. The Hall–Kier alpha value is -1.39. The quantitative estimate of drug-likeness (QED) is 0.152. The number of aromatic nitrogens is 4. The van der Waals surface area contributed by atoms with Crippen LogP contribution in [0.25, 0.3) is 11.2 Å². The van der Waals surface area contributed by atoms with E-state index >= 15 is 0 Å². The number of alkyl halides is 3. The molecule has 1 saturated heterocycles. The van der Waals surface area contributed by atoms with Gasteiger partial charge in [0.25, 0.3) is 0 Å². The molecule has 0 bridgehead atoms. The number of hydrogen-bond donors (Lipinski definition) is 2. The van der Waals surface area contributed by atoms with Crippen molar-refractivity contribution < 1.29 is 44.2 Å². The molecule has 5 atom stereocenters. The van der Waals surface area contributed by atoms with Crippen molar-refractivity contribution in [2.45, 2.75) is 113 Å². The van der Waals surface area contributed by atoms with Crippen molar-refractivity contribution in [2.24, 2.45) is 0 Å². The largest absolute Gasteiger partial charge is 0.523 e. The summed E-state index contributed by atoms with van der Waals surface area (Å²) in [7, 11) is -12.0. The molecule has 0 spiro atoms. The van der Waals surface area contributed by atoms with Gasteiger partial charge in [0.15, 0.2) is 32.8 Å². The van der Waals surface area contributed by atoms with Crippen molar-refractivity contribution in [3.8, 4) is 0 Å². The molecule has 2 aliphatic rings. The van der Waals surface area contributed by atoms with Crippen LogP contribution in [0, 0.1) is 0 Å². The van der Waals surface area contributed by atoms with E-state index in [1.54, 1.807) is 27.7 Å². The van der Waals surface area contributed by atoms with Crippen molar-refractivity contribution in [3.63, 3.8) is 0 Å². The van der Waals surface area contributed by atoms with Crippen LogP contribution in [0.15, 0.2) is 6.33 Å². The van der Waals surface area contributed by atoms with E-state index in [0.717, 1.165) is 6.33 Å². The van der Waals surface area contributed by atoms with E-state index in [4.69, 9.17) is 35.1 Å². The second-order valence-electron chi connectivity index (χ2n) is 12.1. The molecule has 12 nitrogen and oxygen atoms in total. The highest BCUT2D eigenvalue weighted by Crippen LogP contribution is 2.62. The Labute approximate surface area is 250 Å². The van der Waals surface area contributed by atoms with Crippen molar-refractivity contribution >= 4 is 56.3 Å². The SMILES string of the molecule is CC(C)[SiH](OC1[C@H]2O[C@@H](n3cnc4c(N)nc(Cl)nc43)[C@H](OS(=O)(=O)C(F)(F)F)[C@@]12O[Si](O)(C(C)C)C(C)C)C(C)C. The van der Waals surface area contributed by atoms with Crippen LogP contribution in [-0.2, 0) is 27.9 Å². The molecular weight excluding hydrogens is 639 g/mol. The van der Waals surface area contributed by atoms with Gasteiger partial charge >= 0.3 is 24.2 Å². The monoisotopic (exact) mass is 675 g/mol. The van der Waals surface area contributed by atoms with Gasteiger partial charge in [-0.2, -0.15) is 31.6 Å². The molecule has 2 aromatic heterocycles. The first-order valence-corrected chi connectivity index (χ1v) is 19.2. The van der Waals surface area contributed by atoms with Gasteiger partial charge in [-0.3, -0.25) is 8.75 Å². The third kappa shape index (κ3) is 5.51. The number of anilines is 1. The molecular formula is C23H37ClF3N5O7SSi2. The number of nitrogens with two attached hydrogens (primary N) is 1. The first-order chi connectivity index (χ1) is 19.2. The number of hydrogen-bond acceptors (Lipinski definition) is 11. The lowest BCUT2D eigenvalue weighted by atomic mass is 10.1. The van der Waals surface area contributed by atoms with E-state index in [1.165, 1.54) is 4.57 Å². The van der Waals surface area contributed by atoms with E-state index in [2.05, 4.69) is 15.0 Å². The van der Waals surface area contributed by atoms with Gasteiger partial charge in [-0.15, -0.1) is 0 Å². The Kier molecular flexibility index (Phi) is 8.94. The first-order valence-electron chi connectivity index (χ1n) is 13.6. The van der Waals surface area contributed by atoms with Gasteiger partial charge in [0.2, 0.25) is 5.28 Å². The fourth-order valence-corrected chi connectivity index (χ4v) is 12.1. The van der Waals surface area contributed by atoms with Crippen LogP contribution in [0.1, 0.15) is 61.6 Å². The summed E-state index contributed by atoms with van der Waals surface area (Å²) in [6.45, 7) is 14.8. The topological polar surface area (TPSA) is 161 Å². The molecule has 1 aliphatic carbocycles. The summed E-state index contributed by atoms with van der Waals surface area (Å²) in [5.41, 5.74) is -2.35. The van der Waals surface area contributed by atoms with Crippen molar-refractivity contribution in [1.29, 1.82) is 0 Å². The highest BCUT2D eigenvalue weighted by Gasteiger charge is 2.83. The minimum Gasteiger partial charge on any atom is -0.411 e. The summed E-state index contributed by atoms with van der Waals surface area (Å²) in [6.07, 6.45) is -4.43. The number of nitrogens with zero attached hydrogens (tertiary/aromatic N) is 4. The van der Waals surface area contributed by atoms with Crippen LogP contribution in [0.2, 0.25) is 27.4 Å². The van der Waals surface area contributed by atoms with Crippen LogP contribution in [0.5, 0.6) is 0 Å². The van der Waals surface area contributed by atoms with Gasteiger partial charge in [-0.05, 0) is 33.8 Å². The Bertz CT molecular complexity index is 1420. The summed E-state index contributed by atoms with van der Waals surface area (Å²) < 4.78 is 91.8. The molecule has 1 unspecified atom stereocenters. The predicted octanol–water partition coefficient (Wildman–Crippen LogP) is 4.15. The van der Waals surface area contributed by atoms with Gasteiger partial charge in [-0.25, -0.2) is 4.98 Å². The molecule has 3 heterocycles. The van der Waals surface area contributed by atoms with E-state index in [9.17, 15) is 26.4 Å². The number of imidazole rings is 1. The lowest BCUT2D eigenvalue weighted by Gasteiger charge is -2.39. The van der Waals surface area contributed by atoms with Gasteiger partial charge in [-0.1, -0.05) is 55.4 Å². The van der Waals surface area contributed by atoms with E-state index in [1.807, 2.05) is 27.7 Å². The van der Waals surface area contributed by atoms with Crippen LogP contribution in [0.4, 0.5) is 19.0 Å². The first kappa shape index (κ1) is 33.5. The minimum atomic E-state index is -6.19. The molecule has 0 radical (unpaired) electrons. The maximum atomic E-state index is 13.8. The Morgan fingerprint density at radius 2 is 1.69 bits per heavy atom. The maximum absolute atomic E-state index is 13.8. The molecule has 4 rings (SSSR count). The Morgan fingerprint density at radius 3 is 2.19 bits per heavy atom. The van der Waals surface area contributed by atoms with Crippen LogP contribution in [0.3, 0.4) is 0 Å². The summed E-state index contributed by atoms with van der Waals surface area (Å²) in [5, 5.41) is -0.276. The number of rotatable bonds is 11. The molecule has 1 aliphatic heterocycles. The van der Waals surface area contributed by atoms with Crippen LogP contribution in [-0.4, -0.2) is 79.8 Å². The van der Waals surface area contributed by atoms with Gasteiger partial charge in [0.05, 0.1) is 6.33 Å². The maximum Gasteiger partial charge on any atom is 0.523 e. The Balaban J connectivity index is 1.92. The fourth-order valence-electron chi connectivity index (χ4n) is 5.68. The molecule has 2 fully saturated rings. The summed E-state index contributed by atoms with van der Waals surface area (Å²) in [6, 6.07) is 0. The average molecular weight is 676 g/mol. The lowest BCUT2D eigenvalue weighted by Crippen LogP contribution is -2.55. The predicted molar refractivity (Wildman–Crippen MR) is 153 cm³/mol. The second kappa shape index (κ2) is 11.2. The molecule has 19 heteroatoms. The van der Waals surface area contributed by atoms with E-state index in [-0.39, 0.29) is 33.3 Å². The second-order valence-corrected chi connectivity index (χ2v) is 21.9. The number of nitrogen functional groups attached to an aromatic ring is 1. The highest BCUT2D eigenvalue weighted by atomic mass is 35.5. The third-order valence-electron chi connectivity index (χ3n) is 7.87. The van der Waals surface area contributed by atoms with Crippen LogP contribution < -0.4 is 5.73 Å². The summed E-state index contributed by atoms with van der Waals surface area (Å²) in [5.74, 6) is -0.108. The van der Waals surface area contributed by atoms with Crippen molar-refractivity contribution in [2.75, 3.05) is 5.73 Å². The van der Waals surface area contributed by atoms with Gasteiger partial charge < -0.3 is 24.1 Å². The average Bonchev–Trinajstić information content (AvgIpc) is 3.08. The molecule has 0 amide bonds. The minimum absolute atomic E-state index is 0.0266. The Morgan fingerprint density at radius 1 is 1.12 bits per heavy atom.